The number of carbonyl (C=O) groups excluding carboxylic acids is 3. The fraction of sp³-hybridized carbons (Fsp3) is 0.250. The van der Waals surface area contributed by atoms with Gasteiger partial charge in [-0.05, 0) is 43.2 Å². The Hall–Kier alpha value is -3.15. The maximum atomic E-state index is 12.6. The highest BCUT2D eigenvalue weighted by atomic mass is 16.5. The van der Waals surface area contributed by atoms with Crippen molar-refractivity contribution in [1.29, 1.82) is 0 Å². The van der Waals surface area contributed by atoms with Crippen molar-refractivity contribution in [3.8, 4) is 0 Å². The summed E-state index contributed by atoms with van der Waals surface area (Å²) in [5.41, 5.74) is 1.76. The molecule has 0 atom stereocenters. The van der Waals surface area contributed by atoms with Gasteiger partial charge in [0.15, 0.2) is 0 Å². The fourth-order valence-electron chi connectivity index (χ4n) is 3.00. The number of anilines is 2. The highest BCUT2D eigenvalue weighted by molar-refractivity contribution is 6.11. The largest absolute Gasteiger partial charge is 0.465 e. The van der Waals surface area contributed by atoms with Gasteiger partial charge in [-0.2, -0.15) is 0 Å². The molecule has 1 heterocycles. The molecule has 1 fully saturated rings. The average molecular weight is 352 g/mol. The van der Waals surface area contributed by atoms with Crippen LogP contribution in [0.4, 0.5) is 11.4 Å². The van der Waals surface area contributed by atoms with Gasteiger partial charge in [0.1, 0.15) is 0 Å². The second kappa shape index (κ2) is 7.82. The molecule has 26 heavy (non-hydrogen) atoms. The van der Waals surface area contributed by atoms with E-state index in [4.69, 9.17) is 4.74 Å². The molecular weight excluding hydrogens is 332 g/mol. The van der Waals surface area contributed by atoms with Crippen molar-refractivity contribution in [2.75, 3.05) is 23.9 Å². The van der Waals surface area contributed by atoms with E-state index in [1.165, 1.54) is 7.11 Å². The Kier molecular flexibility index (Phi) is 5.31. The van der Waals surface area contributed by atoms with Crippen LogP contribution in [-0.4, -0.2) is 31.4 Å². The molecule has 0 aromatic heterocycles. The predicted octanol–water partition coefficient (Wildman–Crippen LogP) is 3.24. The molecule has 1 saturated heterocycles. The van der Waals surface area contributed by atoms with Gasteiger partial charge in [-0.3, -0.25) is 9.59 Å². The molecule has 0 radical (unpaired) electrons. The Morgan fingerprint density at radius 2 is 1.81 bits per heavy atom. The van der Waals surface area contributed by atoms with Crippen LogP contribution in [-0.2, 0) is 9.53 Å². The lowest BCUT2D eigenvalue weighted by atomic mass is 10.1. The number of piperidine rings is 1. The standard InChI is InChI=1S/C20H20N2O4/c1-26-20(25)17-10-3-2-9-16(17)19(24)21-14-7-6-8-15(13-14)22-12-5-4-11-18(22)23/h2-3,6-10,13H,4-5,11-12H2,1H3,(H,21,24). The van der Waals surface area contributed by atoms with Crippen LogP contribution in [0.15, 0.2) is 48.5 Å². The Balaban J connectivity index is 1.82. The molecule has 6 nitrogen and oxygen atoms in total. The third-order valence-corrected chi connectivity index (χ3v) is 4.32. The number of esters is 1. The predicted molar refractivity (Wildman–Crippen MR) is 98.4 cm³/mol. The van der Waals surface area contributed by atoms with Crippen molar-refractivity contribution in [2.24, 2.45) is 0 Å². The van der Waals surface area contributed by atoms with Gasteiger partial charge in [-0.15, -0.1) is 0 Å². The molecule has 0 saturated carbocycles. The first-order valence-corrected chi connectivity index (χ1v) is 8.49. The summed E-state index contributed by atoms with van der Waals surface area (Å²) in [4.78, 5) is 38.3. The zero-order valence-corrected chi connectivity index (χ0v) is 14.5. The highest BCUT2D eigenvalue weighted by Gasteiger charge is 2.21. The summed E-state index contributed by atoms with van der Waals surface area (Å²) in [7, 11) is 1.27. The Morgan fingerprint density at radius 1 is 1.04 bits per heavy atom. The maximum Gasteiger partial charge on any atom is 0.338 e. The monoisotopic (exact) mass is 352 g/mol. The van der Waals surface area contributed by atoms with Crippen molar-refractivity contribution in [3.63, 3.8) is 0 Å². The fourth-order valence-corrected chi connectivity index (χ4v) is 3.00. The first kappa shape index (κ1) is 17.7. The van der Waals surface area contributed by atoms with Crippen molar-refractivity contribution >= 4 is 29.2 Å². The summed E-state index contributed by atoms with van der Waals surface area (Å²) in [5, 5.41) is 2.79. The van der Waals surface area contributed by atoms with Crippen molar-refractivity contribution in [2.45, 2.75) is 19.3 Å². The minimum Gasteiger partial charge on any atom is -0.465 e. The Labute approximate surface area is 151 Å². The number of hydrogen-bond acceptors (Lipinski definition) is 4. The van der Waals surface area contributed by atoms with Gasteiger partial charge in [0, 0.05) is 24.3 Å². The number of benzene rings is 2. The third-order valence-electron chi connectivity index (χ3n) is 4.32. The van der Waals surface area contributed by atoms with E-state index >= 15 is 0 Å². The first-order valence-electron chi connectivity index (χ1n) is 8.49. The smallest absolute Gasteiger partial charge is 0.338 e. The molecule has 0 bridgehead atoms. The molecule has 134 valence electrons. The van der Waals surface area contributed by atoms with Crippen molar-refractivity contribution in [3.05, 3.63) is 59.7 Å². The van der Waals surface area contributed by atoms with Gasteiger partial charge >= 0.3 is 5.97 Å². The molecule has 2 aromatic rings. The number of rotatable bonds is 4. The maximum absolute atomic E-state index is 12.6. The number of hydrogen-bond donors (Lipinski definition) is 1. The molecule has 1 N–H and O–H groups in total. The van der Waals surface area contributed by atoms with Crippen molar-refractivity contribution in [1.82, 2.24) is 0 Å². The van der Waals surface area contributed by atoms with E-state index in [1.54, 1.807) is 47.4 Å². The van der Waals surface area contributed by atoms with Crippen LogP contribution in [0.5, 0.6) is 0 Å². The van der Waals surface area contributed by atoms with E-state index in [2.05, 4.69) is 5.32 Å². The molecule has 0 unspecified atom stereocenters. The Bertz CT molecular complexity index is 847. The van der Waals surface area contributed by atoms with Crippen LogP contribution in [0.25, 0.3) is 0 Å². The lowest BCUT2D eigenvalue weighted by molar-refractivity contribution is -0.119. The average Bonchev–Trinajstić information content (AvgIpc) is 2.68. The first-order chi connectivity index (χ1) is 12.6. The van der Waals surface area contributed by atoms with Gasteiger partial charge in [0.05, 0.1) is 18.2 Å². The van der Waals surface area contributed by atoms with E-state index in [-0.39, 0.29) is 17.0 Å². The van der Waals surface area contributed by atoms with Crippen LogP contribution < -0.4 is 10.2 Å². The number of amides is 2. The normalized spacial score (nSPS) is 14.0. The second-order valence-electron chi connectivity index (χ2n) is 6.04. The van der Waals surface area contributed by atoms with Gasteiger partial charge in [-0.1, -0.05) is 18.2 Å². The zero-order chi connectivity index (χ0) is 18.5. The highest BCUT2D eigenvalue weighted by Crippen LogP contribution is 2.24. The quantitative estimate of drug-likeness (QED) is 0.857. The lowest BCUT2D eigenvalue weighted by Crippen LogP contribution is -2.35. The summed E-state index contributed by atoms with van der Waals surface area (Å²) in [5.74, 6) is -0.882. The number of nitrogens with zero attached hydrogens (tertiary/aromatic N) is 1. The second-order valence-corrected chi connectivity index (χ2v) is 6.04. The molecule has 2 amide bonds. The number of methoxy groups -OCH3 is 1. The number of ether oxygens (including phenoxy) is 1. The minimum absolute atomic E-state index is 0.0933. The van der Waals surface area contributed by atoms with Gasteiger partial charge in [-0.25, -0.2) is 4.79 Å². The zero-order valence-electron chi connectivity index (χ0n) is 14.5. The SMILES string of the molecule is COC(=O)c1ccccc1C(=O)Nc1cccc(N2CCCCC2=O)c1. The summed E-state index contributed by atoms with van der Waals surface area (Å²) in [6.07, 6.45) is 2.42. The van der Waals surface area contributed by atoms with E-state index in [0.717, 1.165) is 18.5 Å². The van der Waals surface area contributed by atoms with Crippen LogP contribution in [0.1, 0.15) is 40.0 Å². The lowest BCUT2D eigenvalue weighted by Gasteiger charge is -2.27. The van der Waals surface area contributed by atoms with Crippen LogP contribution in [0.3, 0.4) is 0 Å². The van der Waals surface area contributed by atoms with E-state index in [9.17, 15) is 14.4 Å². The van der Waals surface area contributed by atoms with Gasteiger partial charge in [0.2, 0.25) is 5.91 Å². The minimum atomic E-state index is -0.566. The van der Waals surface area contributed by atoms with Gasteiger partial charge in [0.25, 0.3) is 5.91 Å². The van der Waals surface area contributed by atoms with Crippen molar-refractivity contribution < 1.29 is 19.1 Å². The van der Waals surface area contributed by atoms with Crippen LogP contribution in [0.2, 0.25) is 0 Å². The van der Waals surface area contributed by atoms with Gasteiger partial charge < -0.3 is 15.0 Å². The molecule has 1 aliphatic heterocycles. The third kappa shape index (κ3) is 3.74. The summed E-state index contributed by atoms with van der Waals surface area (Å²) < 4.78 is 4.72. The molecule has 0 spiro atoms. The Morgan fingerprint density at radius 3 is 2.54 bits per heavy atom. The molecule has 3 rings (SSSR count). The molecule has 2 aromatic carbocycles. The number of carbonyl (C=O) groups is 3. The topological polar surface area (TPSA) is 75.7 Å². The summed E-state index contributed by atoms with van der Waals surface area (Å²) in [6.45, 7) is 0.682. The molecule has 0 aliphatic carbocycles. The summed E-state index contributed by atoms with van der Waals surface area (Å²) >= 11 is 0. The van der Waals surface area contributed by atoms with Crippen LogP contribution in [0, 0.1) is 0 Å². The van der Waals surface area contributed by atoms with E-state index in [1.807, 2.05) is 6.07 Å². The molecule has 1 aliphatic rings. The summed E-state index contributed by atoms with van der Waals surface area (Å²) in [6, 6.07) is 13.6. The van der Waals surface area contributed by atoms with E-state index < -0.39 is 11.9 Å². The molecular formula is C20H20N2O4. The van der Waals surface area contributed by atoms with Crippen LogP contribution >= 0.6 is 0 Å². The number of nitrogens with one attached hydrogen (secondary N) is 1. The van der Waals surface area contributed by atoms with E-state index in [0.29, 0.717) is 18.7 Å². The molecule has 6 heteroatoms.